The number of carbonyl (C=O) groups excluding carboxylic acids is 1. The molecule has 0 aliphatic carbocycles. The summed E-state index contributed by atoms with van der Waals surface area (Å²) in [6.45, 7) is 2.18. The van der Waals surface area contributed by atoms with Gasteiger partial charge in [-0.3, -0.25) is 0 Å². The average Bonchev–Trinajstić information content (AvgIpc) is 2.48. The predicted molar refractivity (Wildman–Crippen MR) is 74.1 cm³/mol. The number of carbonyl (C=O) groups is 1. The van der Waals surface area contributed by atoms with Gasteiger partial charge in [-0.25, -0.2) is 17.9 Å². The molecule has 2 amide bonds. The molecular weight excluding hydrogens is 282 g/mol. The number of morpholine rings is 1. The van der Waals surface area contributed by atoms with Crippen molar-refractivity contribution in [2.75, 3.05) is 38.7 Å². The van der Waals surface area contributed by atoms with E-state index in [-0.39, 0.29) is 10.9 Å². The minimum Gasteiger partial charge on any atom is -0.378 e. The fourth-order valence-electron chi connectivity index (χ4n) is 1.80. The molecule has 0 aromatic heterocycles. The fraction of sp³-hybridized carbons (Fsp3) is 0.417. The Balaban J connectivity index is 2.02. The van der Waals surface area contributed by atoms with Crippen molar-refractivity contribution >= 4 is 21.7 Å². The minimum absolute atomic E-state index is 0.157. The van der Waals surface area contributed by atoms with Crippen molar-refractivity contribution in [1.29, 1.82) is 0 Å². The summed E-state index contributed by atoms with van der Waals surface area (Å²) in [5.41, 5.74) is 0.552. The summed E-state index contributed by atoms with van der Waals surface area (Å²) >= 11 is 0. The van der Waals surface area contributed by atoms with Crippen molar-refractivity contribution in [1.82, 2.24) is 9.62 Å². The third kappa shape index (κ3) is 3.47. The van der Waals surface area contributed by atoms with Gasteiger partial charge < -0.3 is 15.0 Å². The van der Waals surface area contributed by atoms with Crippen LogP contribution in [0.1, 0.15) is 0 Å². The molecule has 0 bridgehead atoms. The second-order valence-electron chi connectivity index (χ2n) is 4.26. The van der Waals surface area contributed by atoms with Crippen LogP contribution in [0, 0.1) is 0 Å². The topological polar surface area (TPSA) is 87.7 Å². The first-order chi connectivity index (χ1) is 9.53. The van der Waals surface area contributed by atoms with Gasteiger partial charge in [0.05, 0.1) is 18.1 Å². The predicted octanol–water partition coefficient (Wildman–Crippen LogP) is 0.459. The normalized spacial score (nSPS) is 15.9. The molecule has 0 saturated carbocycles. The molecule has 2 N–H and O–H groups in total. The first kappa shape index (κ1) is 14.8. The zero-order valence-corrected chi connectivity index (χ0v) is 11.9. The molecule has 110 valence electrons. The highest BCUT2D eigenvalue weighted by molar-refractivity contribution is 7.89. The number of hydrogen-bond acceptors (Lipinski definition) is 4. The van der Waals surface area contributed by atoms with E-state index in [4.69, 9.17) is 4.74 Å². The number of urea groups is 1. The van der Waals surface area contributed by atoms with E-state index in [0.29, 0.717) is 32.0 Å². The highest BCUT2D eigenvalue weighted by Crippen LogP contribution is 2.14. The van der Waals surface area contributed by atoms with Gasteiger partial charge in [0.15, 0.2) is 0 Å². The van der Waals surface area contributed by atoms with Crippen LogP contribution in [0.3, 0.4) is 0 Å². The molecule has 1 aromatic rings. The molecule has 0 atom stereocenters. The molecule has 1 saturated heterocycles. The van der Waals surface area contributed by atoms with E-state index in [0.717, 1.165) is 0 Å². The number of sulfonamides is 1. The summed E-state index contributed by atoms with van der Waals surface area (Å²) in [5.74, 6) is 0. The van der Waals surface area contributed by atoms with Crippen LogP contribution in [0.25, 0.3) is 0 Å². The maximum absolute atomic E-state index is 11.9. The number of benzene rings is 1. The van der Waals surface area contributed by atoms with Gasteiger partial charge in [0.25, 0.3) is 0 Å². The minimum atomic E-state index is -3.45. The molecule has 1 aliphatic rings. The van der Waals surface area contributed by atoms with E-state index in [9.17, 15) is 13.2 Å². The van der Waals surface area contributed by atoms with Crippen LogP contribution in [0.5, 0.6) is 0 Å². The van der Waals surface area contributed by atoms with Gasteiger partial charge in [-0.05, 0) is 31.3 Å². The van der Waals surface area contributed by atoms with Gasteiger partial charge in [0.2, 0.25) is 10.0 Å². The third-order valence-corrected chi connectivity index (χ3v) is 4.41. The van der Waals surface area contributed by atoms with Crippen LogP contribution in [0.2, 0.25) is 0 Å². The standard InChI is InChI=1S/C12H17N3O4S/c1-13-20(17,18)11-4-2-10(3-5-11)14-12(16)15-6-8-19-9-7-15/h2-5,13H,6-9H2,1H3,(H,14,16). The highest BCUT2D eigenvalue weighted by Gasteiger charge is 2.17. The number of amides is 2. The van der Waals surface area contributed by atoms with Crippen LogP contribution in [0.15, 0.2) is 29.2 Å². The van der Waals surface area contributed by atoms with Crippen molar-refractivity contribution in [2.45, 2.75) is 4.90 Å². The van der Waals surface area contributed by atoms with Crippen LogP contribution in [0.4, 0.5) is 10.5 Å². The monoisotopic (exact) mass is 299 g/mol. The zero-order valence-electron chi connectivity index (χ0n) is 11.1. The van der Waals surface area contributed by atoms with Gasteiger partial charge in [-0.15, -0.1) is 0 Å². The molecular formula is C12H17N3O4S. The average molecular weight is 299 g/mol. The van der Waals surface area contributed by atoms with Crippen LogP contribution < -0.4 is 10.0 Å². The van der Waals surface area contributed by atoms with Gasteiger partial charge in [-0.1, -0.05) is 0 Å². The van der Waals surface area contributed by atoms with Crippen molar-refractivity contribution in [3.8, 4) is 0 Å². The third-order valence-electron chi connectivity index (χ3n) is 2.98. The molecule has 2 rings (SSSR count). The molecule has 1 heterocycles. The smallest absolute Gasteiger partial charge is 0.321 e. The largest absolute Gasteiger partial charge is 0.378 e. The molecule has 0 radical (unpaired) electrons. The van der Waals surface area contributed by atoms with Gasteiger partial charge >= 0.3 is 6.03 Å². The first-order valence-electron chi connectivity index (χ1n) is 6.20. The number of rotatable bonds is 3. The Morgan fingerprint density at radius 2 is 1.80 bits per heavy atom. The van der Waals surface area contributed by atoms with E-state index in [1.807, 2.05) is 0 Å². The lowest BCUT2D eigenvalue weighted by Crippen LogP contribution is -2.43. The summed E-state index contributed by atoms with van der Waals surface area (Å²) in [6.07, 6.45) is 0. The maximum Gasteiger partial charge on any atom is 0.321 e. The summed E-state index contributed by atoms with van der Waals surface area (Å²) in [4.78, 5) is 13.7. The molecule has 8 heteroatoms. The fourth-order valence-corrected chi connectivity index (χ4v) is 2.53. The number of hydrogen-bond donors (Lipinski definition) is 2. The Bertz CT molecular complexity index is 565. The molecule has 7 nitrogen and oxygen atoms in total. The Morgan fingerprint density at radius 3 is 2.35 bits per heavy atom. The summed E-state index contributed by atoms with van der Waals surface area (Å²) in [6, 6.07) is 5.80. The Hall–Kier alpha value is -1.64. The Labute approximate surface area is 118 Å². The van der Waals surface area contributed by atoms with Crippen LogP contribution in [-0.2, 0) is 14.8 Å². The zero-order chi connectivity index (χ0) is 14.6. The number of nitrogens with zero attached hydrogens (tertiary/aromatic N) is 1. The number of nitrogens with one attached hydrogen (secondary N) is 2. The molecule has 0 unspecified atom stereocenters. The van der Waals surface area contributed by atoms with Crippen molar-refractivity contribution in [3.63, 3.8) is 0 Å². The second kappa shape index (κ2) is 6.21. The Morgan fingerprint density at radius 1 is 1.20 bits per heavy atom. The van der Waals surface area contributed by atoms with Crippen molar-refractivity contribution in [2.24, 2.45) is 0 Å². The quantitative estimate of drug-likeness (QED) is 0.848. The summed E-state index contributed by atoms with van der Waals surface area (Å²) < 4.78 is 30.5. The second-order valence-corrected chi connectivity index (χ2v) is 6.15. The Kier molecular flexibility index (Phi) is 4.58. The molecule has 1 fully saturated rings. The summed E-state index contributed by atoms with van der Waals surface area (Å²) in [5, 5.41) is 2.72. The van der Waals surface area contributed by atoms with E-state index < -0.39 is 10.0 Å². The molecule has 1 aliphatic heterocycles. The number of anilines is 1. The van der Waals surface area contributed by atoms with Gasteiger partial charge in [0, 0.05) is 18.8 Å². The van der Waals surface area contributed by atoms with Crippen molar-refractivity contribution < 1.29 is 17.9 Å². The maximum atomic E-state index is 11.9. The summed E-state index contributed by atoms with van der Waals surface area (Å²) in [7, 11) is -2.10. The van der Waals surface area contributed by atoms with Gasteiger partial charge in [0.1, 0.15) is 0 Å². The SMILES string of the molecule is CNS(=O)(=O)c1ccc(NC(=O)N2CCOCC2)cc1. The van der Waals surface area contributed by atoms with Crippen LogP contribution in [-0.4, -0.2) is 52.7 Å². The molecule has 0 spiro atoms. The van der Waals surface area contributed by atoms with E-state index in [2.05, 4.69) is 10.0 Å². The van der Waals surface area contributed by atoms with Gasteiger partial charge in [-0.2, -0.15) is 0 Å². The lowest BCUT2D eigenvalue weighted by molar-refractivity contribution is 0.0564. The van der Waals surface area contributed by atoms with Crippen molar-refractivity contribution in [3.05, 3.63) is 24.3 Å². The van der Waals surface area contributed by atoms with E-state index >= 15 is 0 Å². The van der Waals surface area contributed by atoms with E-state index in [1.165, 1.54) is 19.2 Å². The van der Waals surface area contributed by atoms with E-state index in [1.54, 1.807) is 17.0 Å². The number of ether oxygens (including phenoxy) is 1. The lowest BCUT2D eigenvalue weighted by Gasteiger charge is -2.26. The highest BCUT2D eigenvalue weighted by atomic mass is 32.2. The van der Waals surface area contributed by atoms with Crippen LogP contribution >= 0.6 is 0 Å². The molecule has 1 aromatic carbocycles. The molecule has 20 heavy (non-hydrogen) atoms. The lowest BCUT2D eigenvalue weighted by atomic mass is 10.3. The first-order valence-corrected chi connectivity index (χ1v) is 7.68.